The minimum absolute atomic E-state index is 0.0704. The van der Waals surface area contributed by atoms with Crippen molar-refractivity contribution in [1.29, 1.82) is 0 Å². The van der Waals surface area contributed by atoms with Gasteiger partial charge in [0.1, 0.15) is 5.56 Å². The van der Waals surface area contributed by atoms with Crippen molar-refractivity contribution in [3.8, 4) is 5.75 Å². The number of aromatic carboxylic acids is 1. The van der Waals surface area contributed by atoms with Crippen LogP contribution in [-0.2, 0) is 9.59 Å². The van der Waals surface area contributed by atoms with Crippen LogP contribution in [0.25, 0.3) is 10.9 Å². The maximum Gasteiger partial charge on any atom is 0.341 e. The largest absolute Gasteiger partial charge is 0.492 e. The molecule has 34 heavy (non-hydrogen) atoms. The van der Waals surface area contributed by atoms with Gasteiger partial charge in [0.05, 0.1) is 30.1 Å². The second kappa shape index (κ2) is 9.36. The number of hydrogen-bond acceptors (Lipinski definition) is 6. The first-order valence-electron chi connectivity index (χ1n) is 11.4. The summed E-state index contributed by atoms with van der Waals surface area (Å²) in [6, 6.07) is 3.38. The standard InChI is InChI=1S/C24H29N3O7/c1-13-9-14(25-19(28)7-8-20(29)30)11-26(10-13)18-6-5-16-21(23(18)34-2)27(15-3-4-15)12-17(22(16)31)24(32)33/h5-6,12-15H,3-4,7-11H2,1-2H3,(H,25,28)(H,29,30)(H,32,33)/t13-,14-/m0/s1. The van der Waals surface area contributed by atoms with Crippen molar-refractivity contribution in [2.75, 3.05) is 25.1 Å². The number of carbonyl (C=O) groups excluding carboxylic acids is 1. The molecule has 2 aromatic rings. The maximum atomic E-state index is 12.9. The van der Waals surface area contributed by atoms with Gasteiger partial charge in [-0.3, -0.25) is 14.4 Å². The first kappa shape index (κ1) is 23.6. The van der Waals surface area contributed by atoms with Crippen LogP contribution in [0.4, 0.5) is 5.69 Å². The molecule has 2 heterocycles. The van der Waals surface area contributed by atoms with Crippen molar-refractivity contribution in [2.24, 2.45) is 5.92 Å². The van der Waals surface area contributed by atoms with Gasteiger partial charge in [-0.2, -0.15) is 0 Å². The molecule has 1 aliphatic heterocycles. The van der Waals surface area contributed by atoms with E-state index in [1.807, 2.05) is 4.57 Å². The number of carboxylic acid groups (broad SMARTS) is 2. The SMILES string of the molecule is COc1c(N2C[C@@H](C)C[C@H](NC(=O)CCC(=O)O)C2)ccc2c(=O)c(C(=O)O)cn(C3CC3)c12. The van der Waals surface area contributed by atoms with Crippen molar-refractivity contribution in [3.05, 3.63) is 34.1 Å². The molecule has 1 aliphatic carbocycles. The molecule has 0 bridgehead atoms. The fourth-order valence-electron chi connectivity index (χ4n) is 4.82. The summed E-state index contributed by atoms with van der Waals surface area (Å²) >= 11 is 0. The number of methoxy groups -OCH3 is 1. The van der Waals surface area contributed by atoms with Crippen molar-refractivity contribution in [2.45, 2.75) is 51.1 Å². The highest BCUT2D eigenvalue weighted by Crippen LogP contribution is 2.43. The molecule has 2 aliphatic rings. The lowest BCUT2D eigenvalue weighted by atomic mass is 9.94. The molecule has 2 atom stereocenters. The Balaban J connectivity index is 1.71. The highest BCUT2D eigenvalue weighted by Gasteiger charge is 2.32. The summed E-state index contributed by atoms with van der Waals surface area (Å²) < 4.78 is 7.65. The van der Waals surface area contributed by atoms with E-state index in [9.17, 15) is 24.3 Å². The van der Waals surface area contributed by atoms with E-state index in [0.717, 1.165) is 24.9 Å². The highest BCUT2D eigenvalue weighted by molar-refractivity contribution is 5.97. The summed E-state index contributed by atoms with van der Waals surface area (Å²) in [6.45, 7) is 3.30. The lowest BCUT2D eigenvalue weighted by Gasteiger charge is -2.39. The number of pyridine rings is 1. The van der Waals surface area contributed by atoms with E-state index in [-0.39, 0.29) is 42.3 Å². The molecule has 0 unspecified atom stereocenters. The van der Waals surface area contributed by atoms with Gasteiger partial charge in [-0.15, -0.1) is 0 Å². The number of rotatable bonds is 8. The van der Waals surface area contributed by atoms with Gasteiger partial charge in [-0.05, 0) is 37.3 Å². The number of benzene rings is 1. The molecular weight excluding hydrogens is 442 g/mol. The van der Waals surface area contributed by atoms with E-state index in [4.69, 9.17) is 9.84 Å². The van der Waals surface area contributed by atoms with Gasteiger partial charge in [0, 0.05) is 37.8 Å². The van der Waals surface area contributed by atoms with E-state index in [0.29, 0.717) is 29.7 Å². The monoisotopic (exact) mass is 471 g/mol. The molecule has 0 radical (unpaired) electrons. The lowest BCUT2D eigenvalue weighted by molar-refractivity contribution is -0.139. The summed E-state index contributed by atoms with van der Waals surface area (Å²) in [6.07, 6.45) is 3.69. The lowest BCUT2D eigenvalue weighted by Crippen LogP contribution is -2.50. The second-order valence-electron chi connectivity index (χ2n) is 9.23. The maximum absolute atomic E-state index is 12.9. The average molecular weight is 472 g/mol. The Labute approximate surface area is 196 Å². The Morgan fingerprint density at radius 2 is 1.88 bits per heavy atom. The van der Waals surface area contributed by atoms with Crippen LogP contribution in [0.5, 0.6) is 5.75 Å². The van der Waals surface area contributed by atoms with Gasteiger partial charge in [0.15, 0.2) is 5.75 Å². The van der Waals surface area contributed by atoms with Gasteiger partial charge in [0.25, 0.3) is 0 Å². The summed E-state index contributed by atoms with van der Waals surface area (Å²) in [7, 11) is 1.53. The normalized spacial score (nSPS) is 20.2. The van der Waals surface area contributed by atoms with Crippen LogP contribution in [0.1, 0.15) is 55.4 Å². The van der Waals surface area contributed by atoms with Crippen LogP contribution >= 0.6 is 0 Å². The van der Waals surface area contributed by atoms with Crippen LogP contribution in [0, 0.1) is 5.92 Å². The van der Waals surface area contributed by atoms with Crippen LogP contribution in [0.2, 0.25) is 0 Å². The van der Waals surface area contributed by atoms with E-state index in [1.54, 1.807) is 12.1 Å². The zero-order chi connectivity index (χ0) is 24.6. The third kappa shape index (κ3) is 4.71. The van der Waals surface area contributed by atoms with Gasteiger partial charge in [0.2, 0.25) is 11.3 Å². The zero-order valence-corrected chi connectivity index (χ0v) is 19.2. The van der Waals surface area contributed by atoms with Crippen LogP contribution in [0.15, 0.2) is 23.1 Å². The van der Waals surface area contributed by atoms with Gasteiger partial charge < -0.3 is 29.7 Å². The Morgan fingerprint density at radius 1 is 1.15 bits per heavy atom. The molecule has 1 saturated heterocycles. The number of fused-ring (bicyclic) bond motifs is 1. The van der Waals surface area contributed by atoms with Crippen LogP contribution < -0.4 is 20.4 Å². The minimum atomic E-state index is -1.25. The van der Waals surface area contributed by atoms with E-state index >= 15 is 0 Å². The molecule has 1 saturated carbocycles. The smallest absolute Gasteiger partial charge is 0.341 e. The average Bonchev–Trinajstić information content (AvgIpc) is 3.62. The molecule has 2 fully saturated rings. The molecule has 10 nitrogen and oxygen atoms in total. The number of hydrogen-bond donors (Lipinski definition) is 3. The topological polar surface area (TPSA) is 138 Å². The number of aliphatic carboxylic acids is 1. The van der Waals surface area contributed by atoms with E-state index < -0.39 is 17.4 Å². The molecule has 0 spiro atoms. The number of piperidine rings is 1. The van der Waals surface area contributed by atoms with Gasteiger partial charge >= 0.3 is 11.9 Å². The van der Waals surface area contributed by atoms with Crippen LogP contribution in [0.3, 0.4) is 0 Å². The molecule has 182 valence electrons. The third-order valence-corrected chi connectivity index (χ3v) is 6.43. The quantitative estimate of drug-likeness (QED) is 0.533. The fraction of sp³-hybridized carbons (Fsp3) is 0.500. The third-order valence-electron chi connectivity index (χ3n) is 6.43. The molecule has 4 rings (SSSR count). The van der Waals surface area contributed by atoms with Crippen molar-refractivity contribution >= 4 is 34.4 Å². The number of anilines is 1. The van der Waals surface area contributed by atoms with E-state index in [2.05, 4.69) is 17.1 Å². The van der Waals surface area contributed by atoms with Crippen molar-refractivity contribution in [1.82, 2.24) is 9.88 Å². The first-order valence-corrected chi connectivity index (χ1v) is 11.4. The molecular formula is C24H29N3O7. The predicted molar refractivity (Wildman–Crippen MR) is 125 cm³/mol. The fourth-order valence-corrected chi connectivity index (χ4v) is 4.82. The molecule has 1 aromatic carbocycles. The van der Waals surface area contributed by atoms with Crippen molar-refractivity contribution in [3.63, 3.8) is 0 Å². The van der Waals surface area contributed by atoms with Crippen molar-refractivity contribution < 1.29 is 29.3 Å². The predicted octanol–water partition coefficient (Wildman–Crippen LogP) is 2.24. The number of carbonyl (C=O) groups is 3. The summed E-state index contributed by atoms with van der Waals surface area (Å²) in [5.41, 5.74) is 0.547. The number of carboxylic acids is 2. The Bertz CT molecular complexity index is 1200. The number of nitrogens with zero attached hydrogens (tertiary/aromatic N) is 2. The zero-order valence-electron chi connectivity index (χ0n) is 19.2. The number of ether oxygens (including phenoxy) is 1. The Kier molecular flexibility index (Phi) is 6.49. The first-order chi connectivity index (χ1) is 16.2. The molecule has 3 N–H and O–H groups in total. The highest BCUT2D eigenvalue weighted by atomic mass is 16.5. The van der Waals surface area contributed by atoms with Gasteiger partial charge in [-0.1, -0.05) is 6.92 Å². The summed E-state index contributed by atoms with van der Waals surface area (Å²) in [5.74, 6) is -1.81. The molecule has 10 heteroatoms. The van der Waals surface area contributed by atoms with Gasteiger partial charge in [-0.25, -0.2) is 4.79 Å². The molecule has 1 amide bonds. The second-order valence-corrected chi connectivity index (χ2v) is 9.23. The summed E-state index contributed by atoms with van der Waals surface area (Å²) in [5, 5.41) is 21.6. The number of amides is 1. The number of nitrogens with one attached hydrogen (secondary N) is 1. The number of aromatic nitrogens is 1. The van der Waals surface area contributed by atoms with Crippen LogP contribution in [-0.4, -0.2) is 58.9 Å². The minimum Gasteiger partial charge on any atom is -0.492 e. The Hall–Kier alpha value is -3.56. The Morgan fingerprint density at radius 3 is 2.50 bits per heavy atom. The van der Waals surface area contributed by atoms with E-state index in [1.165, 1.54) is 13.3 Å². The summed E-state index contributed by atoms with van der Waals surface area (Å²) in [4.78, 5) is 49.6. The molecule has 1 aromatic heterocycles.